The maximum atomic E-state index is 12.9. The Balaban J connectivity index is 0.000000186. The van der Waals surface area contributed by atoms with Crippen molar-refractivity contribution in [2.24, 2.45) is 0 Å². The minimum atomic E-state index is -3.40. The second-order valence-electron chi connectivity index (χ2n) is 15.5. The Morgan fingerprint density at radius 1 is 0.613 bits per heavy atom. The van der Waals surface area contributed by atoms with Crippen LogP contribution in [0.3, 0.4) is 0 Å². The van der Waals surface area contributed by atoms with Gasteiger partial charge in [0.2, 0.25) is 11.8 Å². The molecule has 18 nitrogen and oxygen atoms in total. The van der Waals surface area contributed by atoms with Crippen molar-refractivity contribution < 1.29 is 45.6 Å². The average molecular weight is 925 g/mol. The monoisotopic (exact) mass is 924 g/mol. The van der Waals surface area contributed by atoms with Crippen LogP contribution >= 0.6 is 22.7 Å². The van der Waals surface area contributed by atoms with Gasteiger partial charge in [-0.2, -0.15) is 0 Å². The first kappa shape index (κ1) is 44.2. The Morgan fingerprint density at radius 2 is 0.968 bits per heavy atom. The maximum Gasteiger partial charge on any atom is 0.263 e. The molecule has 2 fully saturated rings. The van der Waals surface area contributed by atoms with Crippen LogP contribution in [0.25, 0.3) is 20.2 Å². The Morgan fingerprint density at radius 3 is 1.32 bits per heavy atom. The summed E-state index contributed by atoms with van der Waals surface area (Å²) in [4.78, 5) is 75.0. The van der Waals surface area contributed by atoms with E-state index in [9.17, 15) is 45.6 Å². The first-order chi connectivity index (χ1) is 29.3. The van der Waals surface area contributed by atoms with Crippen LogP contribution in [0.2, 0.25) is 0 Å². The first-order valence-electron chi connectivity index (χ1n) is 19.4. The van der Waals surface area contributed by atoms with Gasteiger partial charge in [0.15, 0.2) is 19.7 Å². The number of thiophene rings is 2. The number of rotatable bonds is 8. The zero-order chi connectivity index (χ0) is 44.7. The van der Waals surface area contributed by atoms with E-state index in [0.29, 0.717) is 45.3 Å². The summed E-state index contributed by atoms with van der Waals surface area (Å²) in [6.07, 6.45) is 2.12. The smallest absolute Gasteiger partial charge is 0.263 e. The molecule has 2 aromatic heterocycles. The van der Waals surface area contributed by atoms with Crippen molar-refractivity contribution in [1.29, 1.82) is 0 Å². The number of hydrogen-bond acceptors (Lipinski definition) is 14. The van der Waals surface area contributed by atoms with Gasteiger partial charge in [0.25, 0.3) is 23.6 Å². The van der Waals surface area contributed by atoms with Crippen molar-refractivity contribution in [3.05, 3.63) is 82.6 Å². The largest absolute Gasteiger partial charge is 0.381 e. The summed E-state index contributed by atoms with van der Waals surface area (Å²) in [5, 5.41) is 24.5. The van der Waals surface area contributed by atoms with Crippen molar-refractivity contribution in [3.63, 3.8) is 0 Å². The molecule has 22 heteroatoms. The van der Waals surface area contributed by atoms with E-state index in [1.54, 1.807) is 36.4 Å². The molecule has 328 valence electrons. The van der Waals surface area contributed by atoms with Crippen molar-refractivity contribution >= 4 is 109 Å². The van der Waals surface area contributed by atoms with Crippen LogP contribution in [0, 0.1) is 0 Å². The summed E-state index contributed by atoms with van der Waals surface area (Å²) >= 11 is 2.69. The number of amides is 6. The summed E-state index contributed by atoms with van der Waals surface area (Å²) in [5.41, 5.74) is 2.06. The molecule has 0 unspecified atom stereocenters. The Kier molecular flexibility index (Phi) is 12.5. The second kappa shape index (κ2) is 17.5. The zero-order valence-corrected chi connectivity index (χ0v) is 36.7. The lowest BCUT2D eigenvalue weighted by molar-refractivity contribution is -0.117. The molecule has 0 radical (unpaired) electrons. The van der Waals surface area contributed by atoms with Gasteiger partial charge < -0.3 is 42.5 Å². The number of hydrogen-bond donors (Lipinski definition) is 8. The molecule has 4 aliphatic heterocycles. The van der Waals surface area contributed by atoms with Gasteiger partial charge in [0.05, 0.1) is 58.6 Å². The molecule has 6 heterocycles. The lowest BCUT2D eigenvalue weighted by Gasteiger charge is -2.20. The van der Waals surface area contributed by atoms with Crippen LogP contribution in [-0.4, -0.2) is 125 Å². The highest BCUT2D eigenvalue weighted by molar-refractivity contribution is 7.92. The average Bonchev–Trinajstić information content (AvgIpc) is 3.88. The molecule has 6 atom stereocenters. The number of fused-ring (bicyclic) bond motifs is 6. The van der Waals surface area contributed by atoms with Crippen LogP contribution < -0.4 is 42.5 Å². The van der Waals surface area contributed by atoms with Crippen molar-refractivity contribution in [2.75, 3.05) is 46.7 Å². The molecule has 0 saturated carbocycles. The summed E-state index contributed by atoms with van der Waals surface area (Å²) in [5.74, 6) is -3.20. The SMILES string of the molecule is C=CC(=O)N[C@@H]1CS(=O)(=O)C[C@@H]1NC(=O)c1ccc2sc3c(c2c1)NC[C@@H](C)NC3=O.C=CC(=O)N[C@H]1CS(=O)(=O)C[C@H]1NC(=O)c1ccc2sc3c(c2c1)NC[C@@H](C)NC3=O. The third kappa shape index (κ3) is 9.62. The van der Waals surface area contributed by atoms with E-state index >= 15 is 0 Å². The molecule has 0 aliphatic carbocycles. The van der Waals surface area contributed by atoms with E-state index in [4.69, 9.17) is 0 Å². The first-order valence-corrected chi connectivity index (χ1v) is 24.7. The summed E-state index contributed by atoms with van der Waals surface area (Å²) in [7, 11) is -6.79. The Labute approximate surface area is 364 Å². The van der Waals surface area contributed by atoms with Crippen LogP contribution in [-0.2, 0) is 29.3 Å². The van der Waals surface area contributed by atoms with Gasteiger partial charge in [-0.15, -0.1) is 22.7 Å². The molecule has 8 N–H and O–H groups in total. The van der Waals surface area contributed by atoms with Gasteiger partial charge in [-0.05, 0) is 62.4 Å². The molecule has 6 amide bonds. The van der Waals surface area contributed by atoms with Crippen molar-refractivity contribution in [1.82, 2.24) is 31.9 Å². The summed E-state index contributed by atoms with van der Waals surface area (Å²) < 4.78 is 49.9. The Hall–Kier alpha value is -5.84. The fraction of sp³-hybridized carbons (Fsp3) is 0.350. The number of nitrogens with one attached hydrogen (secondary N) is 8. The number of benzene rings is 2. The maximum absolute atomic E-state index is 12.9. The van der Waals surface area contributed by atoms with Gasteiger partial charge >= 0.3 is 0 Å². The molecule has 8 rings (SSSR count). The van der Waals surface area contributed by atoms with E-state index in [2.05, 4.69) is 55.7 Å². The predicted octanol–water partition coefficient (Wildman–Crippen LogP) is 1.29. The van der Waals surface area contributed by atoms with Crippen molar-refractivity contribution in [3.8, 4) is 0 Å². The number of anilines is 2. The van der Waals surface area contributed by atoms with Crippen molar-refractivity contribution in [2.45, 2.75) is 50.1 Å². The molecule has 62 heavy (non-hydrogen) atoms. The Bertz CT molecular complexity index is 2600. The molecule has 2 saturated heterocycles. The molecular formula is C40H44N8O10S4. The summed E-state index contributed by atoms with van der Waals surface area (Å²) in [6, 6.07) is 7.18. The lowest BCUT2D eigenvalue weighted by Crippen LogP contribution is -2.50. The second-order valence-corrected chi connectivity index (χ2v) is 21.9. The molecular weight excluding hydrogens is 881 g/mol. The van der Waals surface area contributed by atoms with E-state index in [-0.39, 0.29) is 46.9 Å². The van der Waals surface area contributed by atoms with Crippen LogP contribution in [0.1, 0.15) is 53.9 Å². The third-order valence-corrected chi connectivity index (χ3v) is 16.4. The zero-order valence-electron chi connectivity index (χ0n) is 33.5. The van der Waals surface area contributed by atoms with Gasteiger partial charge in [-0.3, -0.25) is 28.8 Å². The minimum absolute atomic E-state index is 0.0272. The van der Waals surface area contributed by atoms with Gasteiger partial charge in [-0.25, -0.2) is 16.8 Å². The van der Waals surface area contributed by atoms with Gasteiger partial charge in [0, 0.05) is 56.5 Å². The van der Waals surface area contributed by atoms with Crippen LogP contribution in [0.4, 0.5) is 11.4 Å². The standard InChI is InChI=1S/2C20H22N4O5S2/c2*1-3-16(25)23-13-8-31(28,29)9-14(13)24-19(26)11-4-5-15-12(6-11)17-18(30-15)20(27)22-10(2)7-21-17/h2*3-6,10,13-14,21H,1,7-9H2,2H3,(H,22,27)(H,23,25)(H,24,26)/t10-,13+,14-;10-,13-,14+/m11/s1. The third-order valence-electron chi connectivity index (χ3n) is 10.6. The van der Waals surface area contributed by atoms with E-state index in [1.807, 2.05) is 13.8 Å². The molecule has 0 spiro atoms. The van der Waals surface area contributed by atoms with E-state index in [0.717, 1.165) is 32.3 Å². The van der Waals surface area contributed by atoms with E-state index < -0.39 is 67.5 Å². The van der Waals surface area contributed by atoms with Crippen LogP contribution in [0.5, 0.6) is 0 Å². The normalized spacial score (nSPS) is 24.4. The highest BCUT2D eigenvalue weighted by atomic mass is 32.2. The number of carbonyl (C=O) groups excluding carboxylic acids is 6. The number of carbonyl (C=O) groups is 6. The molecule has 0 bridgehead atoms. The molecule has 2 aromatic carbocycles. The highest BCUT2D eigenvalue weighted by Gasteiger charge is 2.40. The van der Waals surface area contributed by atoms with Gasteiger partial charge in [-0.1, -0.05) is 13.2 Å². The summed E-state index contributed by atoms with van der Waals surface area (Å²) in [6.45, 7) is 11.7. The molecule has 4 aliphatic rings. The number of sulfone groups is 2. The topological polar surface area (TPSA) is 267 Å². The lowest BCUT2D eigenvalue weighted by atomic mass is 10.1. The fourth-order valence-corrected chi connectivity index (χ4v) is 13.4. The minimum Gasteiger partial charge on any atom is -0.381 e. The van der Waals surface area contributed by atoms with Gasteiger partial charge in [0.1, 0.15) is 9.75 Å². The fourth-order valence-electron chi connectivity index (χ4n) is 7.59. The van der Waals surface area contributed by atoms with Crippen LogP contribution in [0.15, 0.2) is 61.7 Å². The highest BCUT2D eigenvalue weighted by Crippen LogP contribution is 2.39. The quantitative estimate of drug-likeness (QED) is 0.116. The van der Waals surface area contributed by atoms with E-state index in [1.165, 1.54) is 22.7 Å². The predicted molar refractivity (Wildman–Crippen MR) is 239 cm³/mol. The molecule has 4 aromatic rings.